The molecule has 1 aliphatic rings. The van der Waals surface area contributed by atoms with Crippen molar-refractivity contribution in [2.75, 3.05) is 48.5 Å². The number of carbonyl (C=O) groups is 1. The maximum atomic E-state index is 13.7. The fourth-order valence-corrected chi connectivity index (χ4v) is 3.78. The standard InChI is InChI=1S/C25H26F3N7O2/c1-4-22(36)31-15-6-5-7-16(10-15)32-23-19(25(26,27)28)12-29-24(34-23)33-20-9-8-17(11-21(20)37-3)30-18-13-35(2)14-18/h4-12,18,30H,1,13-14H2,2-3H3,(H,31,36)(H2,29,32,33,34). The number of hydrogen-bond acceptors (Lipinski definition) is 8. The van der Waals surface area contributed by atoms with Gasteiger partial charge in [-0.2, -0.15) is 18.2 Å². The van der Waals surface area contributed by atoms with E-state index in [9.17, 15) is 18.0 Å². The van der Waals surface area contributed by atoms with Crippen LogP contribution in [0.15, 0.2) is 61.3 Å². The van der Waals surface area contributed by atoms with Crippen LogP contribution < -0.4 is 26.0 Å². The van der Waals surface area contributed by atoms with E-state index in [0.29, 0.717) is 29.4 Å². The van der Waals surface area contributed by atoms with E-state index in [0.717, 1.165) is 24.9 Å². The number of anilines is 6. The van der Waals surface area contributed by atoms with Crippen molar-refractivity contribution in [3.8, 4) is 5.75 Å². The maximum absolute atomic E-state index is 13.7. The van der Waals surface area contributed by atoms with Gasteiger partial charge in [0.05, 0.1) is 18.8 Å². The minimum atomic E-state index is -4.70. The van der Waals surface area contributed by atoms with E-state index in [1.165, 1.54) is 13.2 Å². The number of nitrogens with zero attached hydrogens (tertiary/aromatic N) is 3. The van der Waals surface area contributed by atoms with Crippen LogP contribution in [0.2, 0.25) is 0 Å². The van der Waals surface area contributed by atoms with Crippen LogP contribution in [0.1, 0.15) is 5.56 Å². The Morgan fingerprint density at radius 1 is 1.14 bits per heavy atom. The molecule has 3 aromatic rings. The number of amides is 1. The number of likely N-dealkylation sites (N-methyl/N-ethyl adjacent to an activating group) is 1. The quantitative estimate of drug-likeness (QED) is 0.302. The molecule has 2 aromatic carbocycles. The number of nitrogens with one attached hydrogen (secondary N) is 4. The van der Waals surface area contributed by atoms with E-state index in [1.807, 2.05) is 13.1 Å². The third kappa shape index (κ3) is 6.47. The van der Waals surface area contributed by atoms with Crippen LogP contribution in [-0.4, -0.2) is 54.1 Å². The Morgan fingerprint density at radius 3 is 2.57 bits per heavy atom. The Morgan fingerprint density at radius 2 is 1.89 bits per heavy atom. The van der Waals surface area contributed by atoms with Crippen molar-refractivity contribution in [1.82, 2.24) is 14.9 Å². The van der Waals surface area contributed by atoms with E-state index in [-0.39, 0.29) is 11.6 Å². The smallest absolute Gasteiger partial charge is 0.421 e. The summed E-state index contributed by atoms with van der Waals surface area (Å²) in [5.74, 6) is -0.493. The first-order valence-corrected chi connectivity index (χ1v) is 11.3. The summed E-state index contributed by atoms with van der Waals surface area (Å²) in [5, 5.41) is 11.6. The molecule has 1 aliphatic heterocycles. The second-order valence-corrected chi connectivity index (χ2v) is 8.46. The normalized spacial score (nSPS) is 13.9. The zero-order valence-corrected chi connectivity index (χ0v) is 20.2. The molecule has 9 nitrogen and oxygen atoms in total. The fourth-order valence-electron chi connectivity index (χ4n) is 3.78. The van der Waals surface area contributed by atoms with E-state index in [2.05, 4.69) is 42.7 Å². The summed E-state index contributed by atoms with van der Waals surface area (Å²) in [6, 6.07) is 11.9. The van der Waals surface area contributed by atoms with Crippen LogP contribution in [0.25, 0.3) is 0 Å². The molecule has 2 heterocycles. The highest BCUT2D eigenvalue weighted by molar-refractivity contribution is 5.99. The van der Waals surface area contributed by atoms with Crippen molar-refractivity contribution >= 4 is 40.4 Å². The van der Waals surface area contributed by atoms with Gasteiger partial charge in [0.2, 0.25) is 11.9 Å². The lowest BCUT2D eigenvalue weighted by molar-refractivity contribution is -0.137. The topological polar surface area (TPSA) is 103 Å². The molecule has 1 saturated heterocycles. The lowest BCUT2D eigenvalue weighted by Crippen LogP contribution is -2.52. The molecule has 0 atom stereocenters. The van der Waals surface area contributed by atoms with Crippen molar-refractivity contribution in [3.63, 3.8) is 0 Å². The summed E-state index contributed by atoms with van der Waals surface area (Å²) < 4.78 is 46.5. The molecule has 1 amide bonds. The Kier molecular flexibility index (Phi) is 7.48. The van der Waals surface area contributed by atoms with Crippen LogP contribution >= 0.6 is 0 Å². The van der Waals surface area contributed by atoms with E-state index >= 15 is 0 Å². The lowest BCUT2D eigenvalue weighted by atomic mass is 10.1. The van der Waals surface area contributed by atoms with Crippen LogP contribution in [-0.2, 0) is 11.0 Å². The zero-order valence-electron chi connectivity index (χ0n) is 20.2. The van der Waals surface area contributed by atoms with E-state index < -0.39 is 23.5 Å². The third-order valence-corrected chi connectivity index (χ3v) is 5.56. The molecule has 1 aromatic heterocycles. The second-order valence-electron chi connectivity index (χ2n) is 8.46. The summed E-state index contributed by atoms with van der Waals surface area (Å²) in [4.78, 5) is 21.7. The zero-order chi connectivity index (χ0) is 26.6. The van der Waals surface area contributed by atoms with Gasteiger partial charge in [0.25, 0.3) is 0 Å². The first kappa shape index (κ1) is 25.8. The van der Waals surface area contributed by atoms with Gasteiger partial charge in [-0.3, -0.25) is 4.79 Å². The summed E-state index contributed by atoms with van der Waals surface area (Å²) in [5.41, 5.74) is 0.961. The maximum Gasteiger partial charge on any atom is 0.421 e. The first-order chi connectivity index (χ1) is 17.6. The monoisotopic (exact) mass is 513 g/mol. The molecule has 0 aliphatic carbocycles. The highest BCUT2D eigenvalue weighted by Gasteiger charge is 2.35. The SMILES string of the molecule is C=CC(=O)Nc1cccc(Nc2nc(Nc3ccc(NC4CN(C)C4)cc3OC)ncc2C(F)(F)F)c1. The Balaban J connectivity index is 1.58. The molecule has 4 rings (SSSR count). The van der Waals surface area contributed by atoms with Gasteiger partial charge in [0.1, 0.15) is 17.1 Å². The van der Waals surface area contributed by atoms with Crippen LogP contribution in [0, 0.1) is 0 Å². The molecule has 0 unspecified atom stereocenters. The Labute approximate surface area is 211 Å². The summed E-state index contributed by atoms with van der Waals surface area (Å²) >= 11 is 0. The highest BCUT2D eigenvalue weighted by atomic mass is 19.4. The molecular weight excluding hydrogens is 487 g/mol. The lowest BCUT2D eigenvalue weighted by Gasteiger charge is -2.37. The van der Waals surface area contributed by atoms with Crippen molar-refractivity contribution < 1.29 is 22.7 Å². The van der Waals surface area contributed by atoms with Gasteiger partial charge in [-0.05, 0) is 43.5 Å². The molecule has 194 valence electrons. The summed E-state index contributed by atoms with van der Waals surface area (Å²) in [6.07, 6.45) is -2.90. The first-order valence-electron chi connectivity index (χ1n) is 11.3. The predicted octanol–water partition coefficient (Wildman–Crippen LogP) is 4.84. The molecule has 4 N–H and O–H groups in total. The molecule has 0 spiro atoms. The number of methoxy groups -OCH3 is 1. The van der Waals surface area contributed by atoms with Gasteiger partial charge in [0, 0.05) is 42.4 Å². The van der Waals surface area contributed by atoms with Crippen molar-refractivity contribution in [2.24, 2.45) is 0 Å². The molecule has 37 heavy (non-hydrogen) atoms. The number of ether oxygens (including phenoxy) is 1. The van der Waals surface area contributed by atoms with E-state index in [4.69, 9.17) is 4.74 Å². The van der Waals surface area contributed by atoms with Gasteiger partial charge in [-0.25, -0.2) is 4.98 Å². The Bertz CT molecular complexity index is 1290. The van der Waals surface area contributed by atoms with Crippen LogP contribution in [0.5, 0.6) is 5.75 Å². The number of rotatable bonds is 9. The minimum absolute atomic E-state index is 0.0637. The predicted molar refractivity (Wildman–Crippen MR) is 137 cm³/mol. The number of likely N-dealkylation sites (tertiary alicyclic amines) is 1. The van der Waals surface area contributed by atoms with Crippen LogP contribution in [0.3, 0.4) is 0 Å². The average molecular weight is 514 g/mol. The van der Waals surface area contributed by atoms with Crippen molar-refractivity contribution in [2.45, 2.75) is 12.2 Å². The number of benzene rings is 2. The van der Waals surface area contributed by atoms with Crippen molar-refractivity contribution in [1.29, 1.82) is 0 Å². The average Bonchev–Trinajstić information content (AvgIpc) is 2.83. The molecule has 0 bridgehead atoms. The van der Waals surface area contributed by atoms with Gasteiger partial charge >= 0.3 is 6.18 Å². The largest absolute Gasteiger partial charge is 0.494 e. The second kappa shape index (κ2) is 10.7. The van der Waals surface area contributed by atoms with Crippen LogP contribution in [0.4, 0.5) is 47.7 Å². The number of carbonyl (C=O) groups excluding carboxylic acids is 1. The van der Waals surface area contributed by atoms with Gasteiger partial charge in [-0.15, -0.1) is 0 Å². The van der Waals surface area contributed by atoms with Gasteiger partial charge in [0.15, 0.2) is 0 Å². The minimum Gasteiger partial charge on any atom is -0.494 e. The summed E-state index contributed by atoms with van der Waals surface area (Å²) in [6.45, 7) is 5.24. The fraction of sp³-hybridized carbons (Fsp3) is 0.240. The number of halogens is 3. The number of hydrogen-bond donors (Lipinski definition) is 4. The molecule has 1 fully saturated rings. The number of aromatic nitrogens is 2. The van der Waals surface area contributed by atoms with Gasteiger partial charge in [-0.1, -0.05) is 12.6 Å². The molecule has 12 heteroatoms. The number of alkyl halides is 3. The molecular formula is C25H26F3N7O2. The molecule has 0 radical (unpaired) electrons. The van der Waals surface area contributed by atoms with Gasteiger partial charge < -0.3 is 30.9 Å². The van der Waals surface area contributed by atoms with E-state index in [1.54, 1.807) is 30.3 Å². The highest BCUT2D eigenvalue weighted by Crippen LogP contribution is 2.36. The Hall–Kier alpha value is -4.32. The third-order valence-electron chi connectivity index (χ3n) is 5.56. The van der Waals surface area contributed by atoms with Crippen molar-refractivity contribution in [3.05, 3.63) is 66.9 Å². The molecule has 0 saturated carbocycles. The summed E-state index contributed by atoms with van der Waals surface area (Å²) in [7, 11) is 3.54.